The molecule has 2 aliphatic rings. The predicted molar refractivity (Wildman–Crippen MR) is 107 cm³/mol. The van der Waals surface area contributed by atoms with Gasteiger partial charge in [0.05, 0.1) is 18.6 Å². The van der Waals surface area contributed by atoms with Crippen molar-refractivity contribution in [3.05, 3.63) is 89.6 Å². The van der Waals surface area contributed by atoms with Crippen LogP contribution in [0, 0.1) is 5.92 Å². The number of nitrogens with zero attached hydrogens (tertiary/aromatic N) is 1. The summed E-state index contributed by atoms with van der Waals surface area (Å²) in [5, 5.41) is 0. The van der Waals surface area contributed by atoms with Gasteiger partial charge in [0.1, 0.15) is 0 Å². The fourth-order valence-corrected chi connectivity index (χ4v) is 4.49. The molecule has 142 valence electrons. The van der Waals surface area contributed by atoms with E-state index in [1.54, 1.807) is 19.2 Å². The van der Waals surface area contributed by atoms with Crippen molar-refractivity contribution >= 4 is 28.4 Å². The largest absolute Gasteiger partial charge is 0.290 e. The number of hydrogen-bond acceptors (Lipinski definition) is 4. The second-order valence-electron chi connectivity index (χ2n) is 6.79. The van der Waals surface area contributed by atoms with E-state index in [1.807, 2.05) is 60.7 Å². The number of carbonyl (C=O) groups excluding carboxylic acids is 2. The summed E-state index contributed by atoms with van der Waals surface area (Å²) in [6, 6.07) is 18.3. The third-order valence-corrected chi connectivity index (χ3v) is 5.98. The molecule has 1 heterocycles. The first-order valence-electron chi connectivity index (χ1n) is 8.98. The molecule has 0 amide bonds. The van der Waals surface area contributed by atoms with Gasteiger partial charge < -0.3 is 0 Å². The molecule has 0 saturated heterocycles. The fraction of sp³-hybridized carbons (Fsp3) is 0.182. The van der Waals surface area contributed by atoms with E-state index in [4.69, 9.17) is 4.18 Å². The van der Waals surface area contributed by atoms with Crippen LogP contribution in [0.2, 0.25) is 0 Å². The Balaban J connectivity index is 1.65. The summed E-state index contributed by atoms with van der Waals surface area (Å²) in [5.74, 6) is -1.63. The van der Waals surface area contributed by atoms with E-state index in [0.717, 1.165) is 11.1 Å². The second kappa shape index (κ2) is 7.66. The van der Waals surface area contributed by atoms with Gasteiger partial charge in [0.25, 0.3) is 11.3 Å². The normalized spacial score (nSPS) is 22.5. The van der Waals surface area contributed by atoms with Crippen LogP contribution in [-0.2, 0) is 31.6 Å². The number of fused-ring (bicyclic) bond motifs is 1. The maximum Gasteiger partial charge on any atom is 0.264 e. The van der Waals surface area contributed by atoms with Gasteiger partial charge in [-0.15, -0.1) is 0 Å². The molecule has 4 rings (SSSR count). The summed E-state index contributed by atoms with van der Waals surface area (Å²) in [4.78, 5) is 25.0. The molecule has 3 unspecified atom stereocenters. The van der Waals surface area contributed by atoms with Crippen molar-refractivity contribution in [1.82, 2.24) is 4.31 Å². The summed E-state index contributed by atoms with van der Waals surface area (Å²) in [7, 11) is 0. The first kappa shape index (κ1) is 18.5. The molecule has 0 bridgehead atoms. The van der Waals surface area contributed by atoms with Crippen molar-refractivity contribution in [2.24, 2.45) is 5.92 Å². The van der Waals surface area contributed by atoms with Crippen molar-refractivity contribution in [3.8, 4) is 0 Å². The molecule has 2 aromatic carbocycles. The molecule has 0 radical (unpaired) electrons. The number of allylic oxidation sites excluding steroid dienone is 1. The number of carbonyl (C=O) groups is 2. The average Bonchev–Trinajstić information content (AvgIpc) is 3.11. The van der Waals surface area contributed by atoms with E-state index < -0.39 is 34.8 Å². The van der Waals surface area contributed by atoms with E-state index in [1.165, 1.54) is 4.31 Å². The van der Waals surface area contributed by atoms with Gasteiger partial charge in [-0.1, -0.05) is 66.7 Å². The molecule has 0 saturated carbocycles. The smallest absolute Gasteiger partial charge is 0.264 e. The third kappa shape index (κ3) is 3.37. The molecule has 3 atom stereocenters. The van der Waals surface area contributed by atoms with Gasteiger partial charge in [-0.3, -0.25) is 18.1 Å². The molecule has 0 fully saturated rings. The van der Waals surface area contributed by atoms with Crippen LogP contribution in [0.3, 0.4) is 0 Å². The Bertz CT molecular complexity index is 998. The predicted octanol–water partition coefficient (Wildman–Crippen LogP) is 3.22. The molecule has 0 N–H and O–H groups in total. The zero-order valence-electron chi connectivity index (χ0n) is 15.3. The maximum absolute atomic E-state index is 12.9. The molecular formula is C22H19NO4S. The lowest BCUT2D eigenvalue weighted by atomic mass is 9.79. The first-order valence-corrected chi connectivity index (χ1v) is 10.0. The van der Waals surface area contributed by atoms with E-state index in [9.17, 15) is 13.8 Å². The van der Waals surface area contributed by atoms with Crippen LogP contribution in [-0.4, -0.2) is 26.1 Å². The van der Waals surface area contributed by atoms with Gasteiger partial charge in [0.15, 0.2) is 0 Å². The van der Waals surface area contributed by atoms with Crippen molar-refractivity contribution in [2.75, 3.05) is 0 Å². The van der Waals surface area contributed by atoms with Crippen molar-refractivity contribution in [3.63, 3.8) is 0 Å². The molecule has 5 nitrogen and oxygen atoms in total. The molecule has 1 aliphatic heterocycles. The number of Topliss-reactive ketones (excluding diaryl/α,β-unsaturated/α-hetero) is 2. The Morgan fingerprint density at radius 1 is 1.00 bits per heavy atom. The van der Waals surface area contributed by atoms with E-state index in [-0.39, 0.29) is 6.61 Å². The van der Waals surface area contributed by atoms with Crippen molar-refractivity contribution in [1.29, 1.82) is 0 Å². The number of ketones is 2. The van der Waals surface area contributed by atoms with Crippen LogP contribution >= 0.6 is 0 Å². The summed E-state index contributed by atoms with van der Waals surface area (Å²) in [6.45, 7) is 1.80. The minimum atomic E-state index is -1.80. The summed E-state index contributed by atoms with van der Waals surface area (Å²) < 4.78 is 20.0. The summed E-state index contributed by atoms with van der Waals surface area (Å²) in [6.07, 6.45) is 3.40. The SMILES string of the molecule is CC1=CC2C(C(=O)C1=O)C(c1ccccc1)=CN2S(=O)OCc1ccccc1. The van der Waals surface area contributed by atoms with Crippen LogP contribution in [0.4, 0.5) is 0 Å². The van der Waals surface area contributed by atoms with Gasteiger partial charge in [-0.05, 0) is 29.2 Å². The number of rotatable bonds is 5. The average molecular weight is 393 g/mol. The number of benzene rings is 2. The molecule has 28 heavy (non-hydrogen) atoms. The molecule has 0 aromatic heterocycles. The first-order chi connectivity index (χ1) is 13.6. The van der Waals surface area contributed by atoms with Crippen LogP contribution in [0.1, 0.15) is 18.1 Å². The highest BCUT2D eigenvalue weighted by Crippen LogP contribution is 2.40. The summed E-state index contributed by atoms with van der Waals surface area (Å²) in [5.41, 5.74) is 2.79. The van der Waals surface area contributed by atoms with Crippen LogP contribution < -0.4 is 0 Å². The van der Waals surface area contributed by atoms with Crippen LogP contribution in [0.5, 0.6) is 0 Å². The molecule has 6 heteroatoms. The topological polar surface area (TPSA) is 63.7 Å². The van der Waals surface area contributed by atoms with E-state index in [0.29, 0.717) is 11.1 Å². The van der Waals surface area contributed by atoms with E-state index >= 15 is 0 Å². The lowest BCUT2D eigenvalue weighted by Gasteiger charge is -2.28. The monoisotopic (exact) mass is 393 g/mol. The zero-order chi connectivity index (χ0) is 19.7. The second-order valence-corrected chi connectivity index (χ2v) is 7.88. The number of hydrogen-bond donors (Lipinski definition) is 0. The lowest BCUT2D eigenvalue weighted by molar-refractivity contribution is -0.136. The minimum Gasteiger partial charge on any atom is -0.290 e. The van der Waals surface area contributed by atoms with Crippen LogP contribution in [0.15, 0.2) is 78.5 Å². The molecule has 1 aliphatic carbocycles. The van der Waals surface area contributed by atoms with Gasteiger partial charge in [0, 0.05) is 6.20 Å². The Kier molecular flexibility index (Phi) is 5.07. The Hall–Kier alpha value is -2.83. The molecule has 2 aromatic rings. The van der Waals surface area contributed by atoms with Gasteiger partial charge in [-0.2, -0.15) is 0 Å². The maximum atomic E-state index is 12.9. The zero-order valence-corrected chi connectivity index (χ0v) is 16.1. The summed E-state index contributed by atoms with van der Waals surface area (Å²) >= 11 is -1.80. The third-order valence-electron chi connectivity index (χ3n) is 4.97. The van der Waals surface area contributed by atoms with Gasteiger partial charge >= 0.3 is 0 Å². The standard InChI is InChI=1S/C22H19NO4S/c1-15-12-19-20(22(25)21(15)24)18(17-10-6-3-7-11-17)13-23(19)28(26)27-14-16-8-4-2-5-9-16/h2-13,19-20H,14H2,1H3. The highest BCUT2D eigenvalue weighted by atomic mass is 32.2. The fourth-order valence-electron chi connectivity index (χ4n) is 3.55. The van der Waals surface area contributed by atoms with Gasteiger partial charge in [0.2, 0.25) is 11.6 Å². The van der Waals surface area contributed by atoms with Crippen LogP contribution in [0.25, 0.3) is 5.57 Å². The van der Waals surface area contributed by atoms with E-state index in [2.05, 4.69) is 0 Å². The quantitative estimate of drug-likeness (QED) is 0.732. The lowest BCUT2D eigenvalue weighted by Crippen LogP contribution is -2.42. The van der Waals surface area contributed by atoms with Crippen molar-refractivity contribution in [2.45, 2.75) is 19.6 Å². The Morgan fingerprint density at radius 2 is 1.64 bits per heavy atom. The Morgan fingerprint density at radius 3 is 2.32 bits per heavy atom. The van der Waals surface area contributed by atoms with Gasteiger partial charge in [-0.25, -0.2) is 4.21 Å². The Labute approximate surface area is 166 Å². The minimum absolute atomic E-state index is 0.186. The highest BCUT2D eigenvalue weighted by molar-refractivity contribution is 7.77. The van der Waals surface area contributed by atoms with Crippen molar-refractivity contribution < 1.29 is 18.0 Å². The molecule has 0 spiro atoms. The molecular weight excluding hydrogens is 374 g/mol. The highest BCUT2D eigenvalue weighted by Gasteiger charge is 2.47.